The van der Waals surface area contributed by atoms with Gasteiger partial charge in [-0.2, -0.15) is 0 Å². The van der Waals surface area contributed by atoms with E-state index >= 15 is 0 Å². The van der Waals surface area contributed by atoms with Gasteiger partial charge in [0.25, 0.3) is 0 Å². The lowest BCUT2D eigenvalue weighted by Gasteiger charge is -2.30. The second kappa shape index (κ2) is 50.5. The van der Waals surface area contributed by atoms with Crippen LogP contribution in [-0.4, -0.2) is 248 Å². The number of amides is 14. The molecule has 13 atom stereocenters. The van der Waals surface area contributed by atoms with Crippen LogP contribution in [-0.2, 0) is 109 Å². The van der Waals surface area contributed by atoms with E-state index in [1.807, 2.05) is 16.0 Å². The number of hydrogen-bond acceptors (Lipinski definition) is 24. The second-order valence-electron chi connectivity index (χ2n) is 29.3. The third-order valence-corrected chi connectivity index (χ3v) is 19.2. The summed E-state index contributed by atoms with van der Waals surface area (Å²) in [5.41, 5.74) is 12.8. The van der Waals surface area contributed by atoms with Gasteiger partial charge >= 0.3 is 29.8 Å². The van der Waals surface area contributed by atoms with Crippen LogP contribution in [0.3, 0.4) is 0 Å². The van der Waals surface area contributed by atoms with Gasteiger partial charge in [0.05, 0.1) is 51.8 Å². The maximum Gasteiger partial charge on any atom is 0.329 e. The molecule has 4 unspecified atom stereocenters. The number of benzene rings is 3. The van der Waals surface area contributed by atoms with Gasteiger partial charge in [-0.25, -0.2) is 9.18 Å². The van der Waals surface area contributed by atoms with Crippen LogP contribution in [0.25, 0.3) is 10.9 Å². The first-order valence-corrected chi connectivity index (χ1v) is 39.5. The van der Waals surface area contributed by atoms with Crippen molar-refractivity contribution >= 4 is 135 Å². The predicted octanol–water partition coefficient (Wildman–Crippen LogP) is -3.65. The first-order valence-electron chi connectivity index (χ1n) is 39.5. The van der Waals surface area contributed by atoms with E-state index in [4.69, 9.17) is 16.2 Å². The molecule has 1 saturated heterocycles. The molecule has 0 bridgehead atoms. The number of esters is 1. The number of carbonyl (C=O) groups is 20. The fraction of sp³-hybridized carbons (Fsp3) is 0.494. The number of carbonyl (C=O) groups excluding carboxylic acids is 16. The Morgan fingerprint density at radius 2 is 1.13 bits per heavy atom. The number of nitrogens with one attached hydrogen (secondary N) is 15. The van der Waals surface area contributed by atoms with E-state index in [9.17, 15) is 126 Å². The number of aliphatic hydroxyl groups is 1. The number of cyclic esters (lactones) is 1. The number of fused-ring (bicyclic) bond motifs is 1. The number of unbranched alkanes of at least 4 members (excludes halogenated alkanes) is 6. The number of carboxylic acids is 4. The van der Waals surface area contributed by atoms with Crippen LogP contribution in [0.5, 0.6) is 0 Å². The SMILES string of the molecule is CCCCCCCCCC(=O)N[C@@H](Cc1c[nH]c2ccccc12)C(=O)N[C@@H](CC(N)=O)C(=O)N[C@@H](CC(=O)O)C(=O)NC1C(=O)NCC(=O)N[C@@H](CCCNCc2cccc(F)c2)C(=O)NC(CC(=O)O)C(=O)N[C@H](C)C(=O)N[C@@H](CC(=O)O)C(=O)NCC(=O)N[C@H](CO)C(=O)NC([C@H](C)CC(=O)O)C(=O)N[C@@H](CC(=O)c2ccccc2N)C(=O)OC1C. The number of para-hydroxylation sites is 2. The Balaban J connectivity index is 1.63. The lowest BCUT2D eigenvalue weighted by atomic mass is 9.96. The number of H-pyrrole nitrogens is 1. The van der Waals surface area contributed by atoms with Gasteiger partial charge in [-0.3, -0.25) is 91.1 Å². The maximum absolute atomic E-state index is 15.0. The van der Waals surface area contributed by atoms with Crippen molar-refractivity contribution in [3.8, 4) is 0 Å². The summed E-state index contributed by atoms with van der Waals surface area (Å²) in [4.78, 5) is 279. The number of aliphatic hydroxyl groups excluding tert-OH is 1. The fourth-order valence-electron chi connectivity index (χ4n) is 12.7. The molecule has 1 aliphatic heterocycles. The number of aliphatic carboxylic acids is 4. The molecule has 3 aromatic carbocycles. The Kier molecular flexibility index (Phi) is 41.1. The molecule has 670 valence electrons. The normalized spacial score (nSPS) is 20.6. The number of aromatic amines is 1. The van der Waals surface area contributed by atoms with Gasteiger partial charge in [0, 0.05) is 54.2 Å². The van der Waals surface area contributed by atoms with Crippen molar-refractivity contribution in [2.24, 2.45) is 11.7 Å². The monoisotopic (exact) mass is 1730 g/mol. The fourth-order valence-corrected chi connectivity index (χ4v) is 12.7. The molecule has 1 fully saturated rings. The first kappa shape index (κ1) is 100. The largest absolute Gasteiger partial charge is 0.481 e. The van der Waals surface area contributed by atoms with Gasteiger partial charge in [0.1, 0.15) is 78.4 Å². The number of primary amides is 1. The number of hydrogen-bond donors (Lipinski definition) is 22. The average Bonchev–Trinajstić information content (AvgIpc) is 1.37. The number of aromatic nitrogens is 1. The maximum atomic E-state index is 15.0. The molecule has 24 N–H and O–H groups in total. The molecule has 0 aliphatic carbocycles. The third kappa shape index (κ3) is 34.6. The second-order valence-corrected chi connectivity index (χ2v) is 29.3. The minimum atomic E-state index is -2.48. The Labute approximate surface area is 703 Å². The highest BCUT2D eigenvalue weighted by Crippen LogP contribution is 2.22. The Morgan fingerprint density at radius 3 is 1.76 bits per heavy atom. The van der Waals surface area contributed by atoms with Crippen molar-refractivity contribution in [2.75, 3.05) is 32.0 Å². The average molecular weight is 1730 g/mol. The Morgan fingerprint density at radius 1 is 0.561 bits per heavy atom. The highest BCUT2D eigenvalue weighted by Gasteiger charge is 2.41. The molecule has 4 aromatic rings. The number of nitrogen functional groups attached to an aromatic ring is 1. The van der Waals surface area contributed by atoms with E-state index in [2.05, 4.69) is 70.4 Å². The minimum absolute atomic E-state index is 0.00929. The summed E-state index contributed by atoms with van der Waals surface area (Å²) in [5, 5.41) is 82.2. The number of Topliss-reactive ketones (excluding diaryl/α,β-unsaturated/α-hetero) is 1. The Hall–Kier alpha value is -13.5. The zero-order valence-electron chi connectivity index (χ0n) is 67.9. The minimum Gasteiger partial charge on any atom is -0.481 e. The van der Waals surface area contributed by atoms with Crippen molar-refractivity contribution in [1.29, 1.82) is 0 Å². The number of carboxylic acid groups (broad SMARTS) is 4. The standard InChI is InChI=1S/C79H106FN17O26/c1-5-6-7-8-9-10-11-25-60(101)89-51(29-44-36-84-49-23-15-13-20-46(44)49)73(116)92-52(31-59(82)100)74(117)94-55(34-66(110)111)75(118)97-68-42(4)123-79(122)56(30-58(99)47-21-12-14-22-48(47)81)95-78(121)67(40(2)27-63(104)105)96-76(119)57(39-98)90-62(103)37-85-70(113)53(32-64(106)107)91-69(112)41(3)87-72(115)54(33-65(108)109)93-71(114)50(88-61(102)38-86-77(68)120)24-17-26-83-35-43-18-16-19-45(80)28-43/h12-16,18-23,28,36,40-42,50-57,67-68,83-84,98H,5-11,17,24-27,29-35,37-39,81H2,1-4H3,(H2,82,100)(H,85,113)(H,86,120)(H,87,115)(H,88,102)(H,89,101)(H,90,103)(H,91,112)(H,92,116)(H,93,114)(H,94,117)(H,95,121)(H,96,119)(H,97,118)(H,104,105)(H,106,107)(H,108,109)(H,110,111)/t40-,41-,42?,50+,51+,52+,53+,54?,55+,56+,57-,67?,68?/m1/s1. The molecular formula is C79H106FN17O26. The quantitative estimate of drug-likeness (QED) is 0.00890. The third-order valence-electron chi connectivity index (χ3n) is 19.2. The van der Waals surface area contributed by atoms with E-state index in [0.717, 1.165) is 52.9 Å². The summed E-state index contributed by atoms with van der Waals surface area (Å²) in [6.45, 7) is 1.26. The van der Waals surface area contributed by atoms with E-state index in [0.29, 0.717) is 34.9 Å². The number of anilines is 1. The van der Waals surface area contributed by atoms with Gasteiger partial charge in [0.15, 0.2) is 5.78 Å². The van der Waals surface area contributed by atoms with Crippen molar-refractivity contribution < 1.29 is 131 Å². The zero-order chi connectivity index (χ0) is 91.2. The van der Waals surface area contributed by atoms with Crippen LogP contribution < -0.4 is 85.9 Å². The lowest BCUT2D eigenvalue weighted by Crippen LogP contribution is -2.62. The summed E-state index contributed by atoms with van der Waals surface area (Å²) >= 11 is 0. The molecule has 14 amide bonds. The number of nitrogens with two attached hydrogens (primary N) is 2. The van der Waals surface area contributed by atoms with Crippen molar-refractivity contribution in [3.05, 3.63) is 102 Å². The highest BCUT2D eigenvalue weighted by atomic mass is 19.1. The van der Waals surface area contributed by atoms with Crippen LogP contribution >= 0.6 is 0 Å². The van der Waals surface area contributed by atoms with Crippen LogP contribution in [0, 0.1) is 11.7 Å². The summed E-state index contributed by atoms with van der Waals surface area (Å²) in [7, 11) is 0. The number of ketones is 1. The number of ether oxygens (including phenoxy) is 1. The molecular weight excluding hydrogens is 1620 g/mol. The van der Waals surface area contributed by atoms with Crippen molar-refractivity contribution in [3.63, 3.8) is 0 Å². The van der Waals surface area contributed by atoms with Gasteiger partial charge in [-0.05, 0) is 87.0 Å². The van der Waals surface area contributed by atoms with Gasteiger partial charge in [-0.15, -0.1) is 0 Å². The highest BCUT2D eigenvalue weighted by molar-refractivity contribution is 6.05. The summed E-state index contributed by atoms with van der Waals surface area (Å²) in [6, 6.07) is -5.45. The summed E-state index contributed by atoms with van der Waals surface area (Å²) in [5.74, 6) is -30.6. The molecule has 0 radical (unpaired) electrons. The molecule has 44 heteroatoms. The van der Waals surface area contributed by atoms with Gasteiger partial charge in [-0.1, -0.05) is 94.8 Å². The lowest BCUT2D eigenvalue weighted by molar-refractivity contribution is -0.156. The molecule has 5 rings (SSSR count). The van der Waals surface area contributed by atoms with Crippen LogP contribution in [0.15, 0.2) is 79.0 Å². The first-order chi connectivity index (χ1) is 58.3. The van der Waals surface area contributed by atoms with E-state index in [-0.39, 0.29) is 43.6 Å². The molecule has 1 aliphatic rings. The van der Waals surface area contributed by atoms with Crippen LogP contribution in [0.2, 0.25) is 0 Å². The molecule has 123 heavy (non-hydrogen) atoms. The number of halogens is 1. The van der Waals surface area contributed by atoms with Crippen molar-refractivity contribution in [1.82, 2.24) is 79.4 Å². The summed E-state index contributed by atoms with van der Waals surface area (Å²) in [6.07, 6.45) is -2.55. The van der Waals surface area contributed by atoms with E-state index in [1.165, 1.54) is 42.5 Å². The van der Waals surface area contributed by atoms with Gasteiger partial charge < -0.3 is 121 Å². The Bertz CT molecular complexity index is 4490. The molecule has 43 nitrogen and oxygen atoms in total. The van der Waals surface area contributed by atoms with E-state index < -0.39 is 267 Å². The molecule has 0 saturated carbocycles. The zero-order valence-corrected chi connectivity index (χ0v) is 67.9. The number of rotatable bonds is 38. The smallest absolute Gasteiger partial charge is 0.329 e. The summed E-state index contributed by atoms with van der Waals surface area (Å²) < 4.78 is 19.8. The molecule has 0 spiro atoms. The predicted molar refractivity (Wildman–Crippen MR) is 429 cm³/mol. The van der Waals surface area contributed by atoms with Crippen molar-refractivity contribution in [2.45, 2.75) is 216 Å². The van der Waals surface area contributed by atoms with E-state index in [1.54, 1.807) is 36.5 Å². The van der Waals surface area contributed by atoms with Crippen LogP contribution in [0.4, 0.5) is 10.1 Å². The van der Waals surface area contributed by atoms with Gasteiger partial charge in [0.2, 0.25) is 82.7 Å². The van der Waals surface area contributed by atoms with Crippen LogP contribution in [0.1, 0.15) is 152 Å². The topological polar surface area (TPSA) is 688 Å². The molecule has 2 heterocycles. The molecule has 1 aromatic heterocycles.